The predicted octanol–water partition coefficient (Wildman–Crippen LogP) is 0.0725. The van der Waals surface area contributed by atoms with Gasteiger partial charge in [0.1, 0.15) is 0 Å². The predicted molar refractivity (Wildman–Crippen MR) is 56.3 cm³/mol. The molecule has 1 unspecified atom stereocenters. The monoisotopic (exact) mass is 202 g/mol. The molecule has 2 N–H and O–H groups in total. The zero-order valence-corrected chi connectivity index (χ0v) is 9.08. The molecule has 1 rings (SSSR count). The van der Waals surface area contributed by atoms with Gasteiger partial charge in [-0.2, -0.15) is 0 Å². The Balaban J connectivity index is 1.84. The lowest BCUT2D eigenvalue weighted by molar-refractivity contribution is 0.0662. The molecule has 4 nitrogen and oxygen atoms in total. The van der Waals surface area contributed by atoms with Crippen molar-refractivity contribution in [1.82, 2.24) is 4.90 Å². The van der Waals surface area contributed by atoms with Crippen molar-refractivity contribution in [2.45, 2.75) is 18.9 Å². The van der Waals surface area contributed by atoms with E-state index >= 15 is 0 Å². The number of ether oxygens (including phenoxy) is 2. The van der Waals surface area contributed by atoms with Gasteiger partial charge in [0.25, 0.3) is 0 Å². The summed E-state index contributed by atoms with van der Waals surface area (Å²) in [4.78, 5) is 2.41. The van der Waals surface area contributed by atoms with Crippen LogP contribution in [0.2, 0.25) is 0 Å². The maximum Gasteiger partial charge on any atom is 0.0700 e. The van der Waals surface area contributed by atoms with E-state index in [1.165, 1.54) is 0 Å². The number of nitrogens with zero attached hydrogens (tertiary/aromatic N) is 1. The van der Waals surface area contributed by atoms with Crippen molar-refractivity contribution < 1.29 is 9.47 Å². The lowest BCUT2D eigenvalue weighted by Gasteiger charge is -2.14. The molecule has 0 aromatic carbocycles. The topological polar surface area (TPSA) is 47.7 Å². The van der Waals surface area contributed by atoms with E-state index in [1.807, 2.05) is 0 Å². The van der Waals surface area contributed by atoms with Crippen molar-refractivity contribution in [3.63, 3.8) is 0 Å². The van der Waals surface area contributed by atoms with E-state index in [9.17, 15) is 0 Å². The minimum absolute atomic E-state index is 0.393. The zero-order chi connectivity index (χ0) is 10.2. The minimum Gasteiger partial charge on any atom is -0.382 e. The van der Waals surface area contributed by atoms with Gasteiger partial charge in [0.05, 0.1) is 13.2 Å². The Bertz CT molecular complexity index is 144. The highest BCUT2D eigenvalue weighted by molar-refractivity contribution is 4.77. The highest BCUT2D eigenvalue weighted by Crippen LogP contribution is 2.06. The minimum atomic E-state index is 0.393. The number of nitrogens with two attached hydrogens (primary N) is 1. The summed E-state index contributed by atoms with van der Waals surface area (Å²) in [5.74, 6) is 0. The van der Waals surface area contributed by atoms with Crippen LogP contribution in [0.3, 0.4) is 0 Å². The maximum absolute atomic E-state index is 5.81. The van der Waals surface area contributed by atoms with Crippen LogP contribution in [0, 0.1) is 0 Å². The van der Waals surface area contributed by atoms with Crippen LogP contribution in [-0.2, 0) is 9.47 Å². The first-order valence-corrected chi connectivity index (χ1v) is 5.37. The largest absolute Gasteiger partial charge is 0.382 e. The van der Waals surface area contributed by atoms with Crippen LogP contribution in [0.1, 0.15) is 12.8 Å². The highest BCUT2D eigenvalue weighted by Gasteiger charge is 2.17. The molecule has 84 valence electrons. The van der Waals surface area contributed by atoms with Crippen LogP contribution in [0.25, 0.3) is 0 Å². The standard InChI is InChI=1S/C10H22N2O2/c1-13-7-8-14-6-2-4-12-5-3-10(11)9-12/h10H,2-9,11H2,1H3. The molecular formula is C10H22N2O2. The van der Waals surface area contributed by atoms with Crippen LogP contribution in [0.4, 0.5) is 0 Å². The molecule has 1 atom stereocenters. The molecule has 0 aromatic heterocycles. The summed E-state index contributed by atoms with van der Waals surface area (Å²) < 4.78 is 10.3. The van der Waals surface area contributed by atoms with Crippen molar-refractivity contribution in [3.8, 4) is 0 Å². The van der Waals surface area contributed by atoms with Crippen molar-refractivity contribution in [2.75, 3.05) is 46.6 Å². The van der Waals surface area contributed by atoms with Gasteiger partial charge in [-0.05, 0) is 19.4 Å². The second-order valence-electron chi connectivity index (χ2n) is 3.81. The van der Waals surface area contributed by atoms with Crippen molar-refractivity contribution in [1.29, 1.82) is 0 Å². The van der Waals surface area contributed by atoms with Crippen molar-refractivity contribution in [3.05, 3.63) is 0 Å². The van der Waals surface area contributed by atoms with Crippen molar-refractivity contribution in [2.24, 2.45) is 5.73 Å². The molecule has 1 saturated heterocycles. The molecule has 1 heterocycles. The molecule has 0 radical (unpaired) electrons. The molecule has 0 amide bonds. The smallest absolute Gasteiger partial charge is 0.0700 e. The Morgan fingerprint density at radius 2 is 2.21 bits per heavy atom. The zero-order valence-electron chi connectivity index (χ0n) is 9.08. The van der Waals surface area contributed by atoms with Crippen LogP contribution in [-0.4, -0.2) is 57.5 Å². The van der Waals surface area contributed by atoms with Gasteiger partial charge in [0.15, 0.2) is 0 Å². The fourth-order valence-electron chi connectivity index (χ4n) is 1.70. The van der Waals surface area contributed by atoms with Gasteiger partial charge in [-0.3, -0.25) is 0 Å². The Morgan fingerprint density at radius 3 is 2.86 bits per heavy atom. The van der Waals surface area contributed by atoms with Gasteiger partial charge in [0.2, 0.25) is 0 Å². The van der Waals surface area contributed by atoms with Crippen molar-refractivity contribution >= 4 is 0 Å². The van der Waals surface area contributed by atoms with E-state index < -0.39 is 0 Å². The fourth-order valence-corrected chi connectivity index (χ4v) is 1.70. The number of methoxy groups -OCH3 is 1. The SMILES string of the molecule is COCCOCCCN1CCC(N)C1. The van der Waals surface area contributed by atoms with Crippen LogP contribution in [0.15, 0.2) is 0 Å². The number of rotatable bonds is 7. The molecular weight excluding hydrogens is 180 g/mol. The Labute approximate surface area is 86.3 Å². The molecule has 4 heteroatoms. The Hall–Kier alpha value is -0.160. The molecule has 1 aliphatic heterocycles. The van der Waals surface area contributed by atoms with E-state index in [1.54, 1.807) is 7.11 Å². The summed E-state index contributed by atoms with van der Waals surface area (Å²) in [5.41, 5.74) is 5.81. The molecule has 0 saturated carbocycles. The van der Waals surface area contributed by atoms with Gasteiger partial charge in [-0.25, -0.2) is 0 Å². The molecule has 0 spiro atoms. The first kappa shape index (κ1) is 11.9. The van der Waals surface area contributed by atoms with E-state index in [2.05, 4.69) is 4.90 Å². The second-order valence-corrected chi connectivity index (χ2v) is 3.81. The number of likely N-dealkylation sites (tertiary alicyclic amines) is 1. The lowest BCUT2D eigenvalue weighted by atomic mass is 10.3. The van der Waals surface area contributed by atoms with E-state index in [0.717, 1.165) is 39.1 Å². The Kier molecular flexibility index (Phi) is 6.10. The van der Waals surface area contributed by atoms with Gasteiger partial charge in [-0.1, -0.05) is 0 Å². The average Bonchev–Trinajstić information content (AvgIpc) is 2.58. The number of hydrogen-bond donors (Lipinski definition) is 1. The van der Waals surface area contributed by atoms with Gasteiger partial charge >= 0.3 is 0 Å². The Morgan fingerprint density at radius 1 is 1.36 bits per heavy atom. The van der Waals surface area contributed by atoms with E-state index in [4.69, 9.17) is 15.2 Å². The fraction of sp³-hybridized carbons (Fsp3) is 1.00. The maximum atomic E-state index is 5.81. The average molecular weight is 202 g/mol. The highest BCUT2D eigenvalue weighted by atomic mass is 16.5. The third-order valence-corrected chi connectivity index (χ3v) is 2.50. The molecule has 0 aliphatic carbocycles. The second kappa shape index (κ2) is 7.17. The third-order valence-electron chi connectivity index (χ3n) is 2.50. The number of hydrogen-bond acceptors (Lipinski definition) is 4. The normalized spacial score (nSPS) is 23.1. The first-order chi connectivity index (χ1) is 6.83. The van der Waals surface area contributed by atoms with Crippen LogP contribution >= 0.6 is 0 Å². The molecule has 1 fully saturated rings. The lowest BCUT2D eigenvalue weighted by Crippen LogP contribution is -2.27. The van der Waals surface area contributed by atoms with Gasteiger partial charge < -0.3 is 20.1 Å². The van der Waals surface area contributed by atoms with Gasteiger partial charge in [0, 0.05) is 32.8 Å². The molecule has 0 aromatic rings. The first-order valence-electron chi connectivity index (χ1n) is 5.37. The summed E-state index contributed by atoms with van der Waals surface area (Å²) >= 11 is 0. The summed E-state index contributed by atoms with van der Waals surface area (Å²) in [6.45, 7) is 5.54. The summed E-state index contributed by atoms with van der Waals surface area (Å²) in [6.07, 6.45) is 2.24. The van der Waals surface area contributed by atoms with Crippen LogP contribution < -0.4 is 5.73 Å². The third kappa shape index (κ3) is 4.91. The summed E-state index contributed by atoms with van der Waals surface area (Å²) in [5, 5.41) is 0. The quantitative estimate of drug-likeness (QED) is 0.594. The molecule has 0 bridgehead atoms. The van der Waals surface area contributed by atoms with E-state index in [0.29, 0.717) is 19.3 Å². The molecule has 1 aliphatic rings. The van der Waals surface area contributed by atoms with Gasteiger partial charge in [-0.15, -0.1) is 0 Å². The van der Waals surface area contributed by atoms with E-state index in [-0.39, 0.29) is 0 Å². The summed E-state index contributed by atoms with van der Waals surface area (Å²) in [6, 6.07) is 0.393. The molecule has 14 heavy (non-hydrogen) atoms. The van der Waals surface area contributed by atoms with Crippen LogP contribution in [0.5, 0.6) is 0 Å². The summed E-state index contributed by atoms with van der Waals surface area (Å²) in [7, 11) is 1.69.